The fraction of sp³-hybridized carbons (Fsp3) is 0.577. The van der Waals surface area contributed by atoms with Crippen molar-refractivity contribution in [1.29, 1.82) is 0 Å². The smallest absolute Gasteiger partial charge is 0.366 e. The summed E-state index contributed by atoms with van der Waals surface area (Å²) in [5.74, 6) is -1.41. The summed E-state index contributed by atoms with van der Waals surface area (Å²) in [4.78, 5) is 25.0. The van der Waals surface area contributed by atoms with E-state index in [-0.39, 0.29) is 13.2 Å². The Hall–Kier alpha value is -2.80. The van der Waals surface area contributed by atoms with Gasteiger partial charge in [0.1, 0.15) is 19.0 Å². The lowest BCUT2D eigenvalue weighted by Crippen LogP contribution is -2.34. The van der Waals surface area contributed by atoms with Gasteiger partial charge in [0.05, 0.1) is 13.7 Å². The van der Waals surface area contributed by atoms with Crippen LogP contribution >= 0.6 is 0 Å². The van der Waals surface area contributed by atoms with Crippen LogP contribution in [0.5, 0.6) is 0 Å². The van der Waals surface area contributed by atoms with Gasteiger partial charge in [-0.2, -0.15) is 0 Å². The van der Waals surface area contributed by atoms with Crippen LogP contribution in [0, 0.1) is 0 Å². The number of unbranched alkanes of at least 4 members (excludes halogenated alkanes) is 5. The molecule has 0 fully saturated rings. The van der Waals surface area contributed by atoms with Crippen molar-refractivity contribution < 1.29 is 45.5 Å². The molecule has 1 aromatic carbocycles. The van der Waals surface area contributed by atoms with E-state index in [1.807, 2.05) is 30.3 Å². The summed E-state index contributed by atoms with van der Waals surface area (Å²) in [5, 5.41) is 0. The zero-order chi connectivity index (χ0) is 28.4. The Bertz CT molecular complexity index is 1040. The zero-order valence-corrected chi connectivity index (χ0v) is 23.4. The van der Waals surface area contributed by atoms with Crippen LogP contribution < -0.4 is 4.57 Å². The highest BCUT2D eigenvalue weighted by Crippen LogP contribution is 2.14. The molecule has 11 nitrogen and oxygen atoms in total. The van der Waals surface area contributed by atoms with E-state index < -0.39 is 34.7 Å². The molecule has 0 radical (unpaired) electrons. The van der Waals surface area contributed by atoms with Crippen molar-refractivity contribution in [3.63, 3.8) is 0 Å². The van der Waals surface area contributed by atoms with Crippen molar-refractivity contribution in [1.82, 2.24) is 4.57 Å². The maximum atomic E-state index is 12.5. The van der Waals surface area contributed by atoms with Crippen LogP contribution in [0.4, 0.5) is 0 Å². The Labute approximate surface area is 225 Å². The Morgan fingerprint density at radius 1 is 1.03 bits per heavy atom. The largest absolute Gasteiger partial charge is 0.726 e. The molecular formula is C26H40N2O9S. The van der Waals surface area contributed by atoms with E-state index in [0.717, 1.165) is 18.4 Å². The third-order valence-electron chi connectivity index (χ3n) is 5.17. The van der Waals surface area contributed by atoms with Crippen molar-refractivity contribution in [2.45, 2.75) is 78.2 Å². The van der Waals surface area contributed by atoms with E-state index in [4.69, 9.17) is 14.2 Å². The van der Waals surface area contributed by atoms with Gasteiger partial charge in [0.15, 0.2) is 6.29 Å². The second-order valence-electron chi connectivity index (χ2n) is 8.48. The zero-order valence-electron chi connectivity index (χ0n) is 22.6. The van der Waals surface area contributed by atoms with Crippen molar-refractivity contribution in [3.8, 4) is 0 Å². The molecule has 0 aliphatic carbocycles. The summed E-state index contributed by atoms with van der Waals surface area (Å²) in [5.41, 5.74) is 0.837. The summed E-state index contributed by atoms with van der Waals surface area (Å²) >= 11 is 0. The first-order chi connectivity index (χ1) is 18.1. The van der Waals surface area contributed by atoms with E-state index in [0.29, 0.717) is 13.0 Å². The van der Waals surface area contributed by atoms with Gasteiger partial charge in [-0.15, -0.1) is 0 Å². The minimum absolute atomic E-state index is 0.0258. The number of ether oxygens (including phenoxy) is 3. The quantitative estimate of drug-likeness (QED) is 0.0580. The lowest BCUT2D eigenvalue weighted by atomic mass is 10.1. The second-order valence-corrected chi connectivity index (χ2v) is 9.53. The van der Waals surface area contributed by atoms with Gasteiger partial charge in [0.25, 0.3) is 6.04 Å². The number of carbonyl (C=O) groups is 2. The summed E-state index contributed by atoms with van der Waals surface area (Å²) < 4.78 is 52.9. The first-order valence-electron chi connectivity index (χ1n) is 12.7. The predicted octanol–water partition coefficient (Wildman–Crippen LogP) is 3.35. The third-order valence-corrected chi connectivity index (χ3v) is 5.62. The van der Waals surface area contributed by atoms with E-state index in [2.05, 4.69) is 11.1 Å². The summed E-state index contributed by atoms with van der Waals surface area (Å²) in [6, 6.07) is 8.03. The second kappa shape index (κ2) is 18.5. The van der Waals surface area contributed by atoms with Crippen LogP contribution in [0.25, 0.3) is 0 Å². The first-order valence-corrected chi connectivity index (χ1v) is 14.1. The lowest BCUT2D eigenvalue weighted by Gasteiger charge is -2.16. The lowest BCUT2D eigenvalue weighted by molar-refractivity contribution is -0.671. The number of aryl methyl sites for hydroxylation is 1. The maximum absolute atomic E-state index is 12.5. The number of esters is 2. The van der Waals surface area contributed by atoms with Crippen molar-refractivity contribution in [2.24, 2.45) is 7.05 Å². The van der Waals surface area contributed by atoms with Crippen molar-refractivity contribution in [3.05, 3.63) is 54.6 Å². The number of hydrogen-bond acceptors (Lipinski definition) is 9. The number of carbonyl (C=O) groups excluding carboxylic acids is 2. The van der Waals surface area contributed by atoms with Crippen LogP contribution in [0.2, 0.25) is 0 Å². The molecule has 214 valence electrons. The van der Waals surface area contributed by atoms with Crippen LogP contribution in [0.1, 0.15) is 70.9 Å². The van der Waals surface area contributed by atoms with Crippen LogP contribution in [-0.2, 0) is 52.0 Å². The van der Waals surface area contributed by atoms with E-state index in [9.17, 15) is 22.6 Å². The molecular weight excluding hydrogens is 516 g/mol. The Morgan fingerprint density at radius 2 is 1.68 bits per heavy atom. The number of aromatic nitrogens is 2. The number of imidazole rings is 1. The molecule has 0 saturated carbocycles. The molecule has 0 bridgehead atoms. The molecule has 0 amide bonds. The van der Waals surface area contributed by atoms with E-state index >= 15 is 0 Å². The van der Waals surface area contributed by atoms with Crippen LogP contribution in [-0.4, -0.2) is 49.0 Å². The highest BCUT2D eigenvalue weighted by atomic mass is 32.3. The van der Waals surface area contributed by atoms with Crippen molar-refractivity contribution in [2.75, 3.05) is 13.2 Å². The van der Waals surface area contributed by atoms with Gasteiger partial charge in [-0.25, -0.2) is 27.1 Å². The normalized spacial score (nSPS) is 12.7. The molecule has 2 unspecified atom stereocenters. The van der Waals surface area contributed by atoms with Crippen LogP contribution in [0.3, 0.4) is 0 Å². The maximum Gasteiger partial charge on any atom is 0.366 e. The standard InChI is InChI=1S/C18H23N2O5.C8H18O4S/c1-4-23-14(2)25-18(22)16(20-11-10-19(3)13-20)17(21)24-12-15-8-6-5-7-9-15;1-2-3-4-5-6-7-8-12-13(9,10)11/h5-11,13-14,16H,4,12H2,1-3H3;2-8H2,1H3,(H,9,10,11)/q+1;/p-1. The molecule has 1 aromatic heterocycles. The Balaban J connectivity index is 0.000000471. The molecule has 0 saturated heterocycles. The fourth-order valence-electron chi connectivity index (χ4n) is 3.31. The average molecular weight is 557 g/mol. The van der Waals surface area contributed by atoms with Gasteiger partial charge in [0.2, 0.25) is 16.7 Å². The monoisotopic (exact) mass is 556 g/mol. The molecule has 2 atom stereocenters. The van der Waals surface area contributed by atoms with Crippen LogP contribution in [0.15, 0.2) is 49.1 Å². The fourth-order valence-corrected chi connectivity index (χ4v) is 3.63. The van der Waals surface area contributed by atoms with Gasteiger partial charge in [-0.3, -0.25) is 4.18 Å². The molecule has 2 aromatic rings. The number of benzene rings is 1. The molecule has 2 rings (SSSR count). The minimum Gasteiger partial charge on any atom is -0.726 e. The molecule has 12 heteroatoms. The first kappa shape index (κ1) is 33.2. The van der Waals surface area contributed by atoms with Gasteiger partial charge >= 0.3 is 11.9 Å². The summed E-state index contributed by atoms with van der Waals surface area (Å²) in [7, 11) is -2.68. The molecule has 0 N–H and O–H groups in total. The molecule has 0 spiro atoms. The Kier molecular flexibility index (Phi) is 16.1. The summed E-state index contributed by atoms with van der Waals surface area (Å²) in [6.45, 7) is 6.03. The van der Waals surface area contributed by atoms with Gasteiger partial charge in [-0.1, -0.05) is 69.4 Å². The van der Waals surface area contributed by atoms with Crippen molar-refractivity contribution >= 4 is 22.3 Å². The molecule has 1 heterocycles. The third kappa shape index (κ3) is 14.8. The van der Waals surface area contributed by atoms with Gasteiger partial charge < -0.3 is 18.8 Å². The minimum atomic E-state index is -4.47. The predicted molar refractivity (Wildman–Crippen MR) is 137 cm³/mol. The van der Waals surface area contributed by atoms with E-state index in [1.54, 1.807) is 44.2 Å². The highest BCUT2D eigenvalue weighted by molar-refractivity contribution is 7.80. The average Bonchev–Trinajstić information content (AvgIpc) is 3.28. The number of hydrogen-bond donors (Lipinski definition) is 0. The highest BCUT2D eigenvalue weighted by Gasteiger charge is 2.37. The van der Waals surface area contributed by atoms with Gasteiger partial charge in [0, 0.05) is 6.61 Å². The topological polar surface area (TPSA) is 137 Å². The number of rotatable bonds is 16. The summed E-state index contributed by atoms with van der Waals surface area (Å²) in [6.07, 6.45) is 10.4. The SMILES string of the molecule is CCCCCCCCOS(=O)(=O)[O-].CCOC(C)OC(=O)C(C(=O)OCc1ccccc1)n1cc[n+](C)c1. The Morgan fingerprint density at radius 3 is 2.26 bits per heavy atom. The molecule has 38 heavy (non-hydrogen) atoms. The number of nitrogens with zero attached hydrogens (tertiary/aromatic N) is 2. The van der Waals surface area contributed by atoms with E-state index in [1.165, 1.54) is 23.8 Å². The molecule has 0 aliphatic heterocycles. The molecule has 0 aliphatic rings. The van der Waals surface area contributed by atoms with Gasteiger partial charge in [-0.05, 0) is 25.8 Å².